The molecule has 1 aromatic heterocycles. The number of nitrogens with zero attached hydrogens (tertiary/aromatic N) is 3. The summed E-state index contributed by atoms with van der Waals surface area (Å²) in [6.45, 7) is 1.74. The van der Waals surface area contributed by atoms with Gasteiger partial charge in [0.15, 0.2) is 0 Å². The fourth-order valence-electron chi connectivity index (χ4n) is 1.99. The van der Waals surface area contributed by atoms with Crippen LogP contribution in [0.1, 0.15) is 23.3 Å². The second-order valence-corrected chi connectivity index (χ2v) is 4.60. The van der Waals surface area contributed by atoms with Crippen LogP contribution in [0.25, 0.3) is 0 Å². The number of halogens is 1. The summed E-state index contributed by atoms with van der Waals surface area (Å²) in [5.41, 5.74) is 0.262. The van der Waals surface area contributed by atoms with E-state index in [2.05, 4.69) is 27.2 Å². The van der Waals surface area contributed by atoms with Gasteiger partial charge in [0.05, 0.1) is 12.4 Å². The molecule has 1 N–H and O–H groups in total. The summed E-state index contributed by atoms with van der Waals surface area (Å²) in [6, 6.07) is 0.422. The summed E-state index contributed by atoms with van der Waals surface area (Å²) in [5, 5.41) is 3.09. The van der Waals surface area contributed by atoms with E-state index >= 15 is 0 Å². The molecule has 0 radical (unpaired) electrons. The molecule has 0 spiro atoms. The van der Waals surface area contributed by atoms with Gasteiger partial charge in [0.1, 0.15) is 10.8 Å². The molecule has 5 nitrogen and oxygen atoms in total. The van der Waals surface area contributed by atoms with E-state index in [0.717, 1.165) is 13.0 Å². The third kappa shape index (κ3) is 3.14. The van der Waals surface area contributed by atoms with Gasteiger partial charge in [-0.2, -0.15) is 0 Å². The molecule has 0 saturated carbocycles. The van der Waals surface area contributed by atoms with Gasteiger partial charge >= 0.3 is 0 Å². The Balaban J connectivity index is 1.89. The molecule has 1 aliphatic heterocycles. The van der Waals surface area contributed by atoms with Crippen molar-refractivity contribution < 1.29 is 4.79 Å². The van der Waals surface area contributed by atoms with Gasteiger partial charge in [-0.25, -0.2) is 4.98 Å². The zero-order valence-corrected chi connectivity index (χ0v) is 10.4. The number of rotatable bonds is 3. The van der Waals surface area contributed by atoms with Crippen LogP contribution in [-0.2, 0) is 0 Å². The lowest BCUT2D eigenvalue weighted by molar-refractivity contribution is 0.0938. The summed E-state index contributed by atoms with van der Waals surface area (Å²) in [4.78, 5) is 21.8. The minimum atomic E-state index is -0.222. The maximum Gasteiger partial charge on any atom is 0.271 e. The standard InChI is InChI=1S/C11H15ClN4O/c1-16-4-2-3-8(16)5-14-11(17)9-6-13-7-10(12)15-9/h6-8H,2-5H2,1H3,(H,14,17). The lowest BCUT2D eigenvalue weighted by Gasteiger charge is -2.19. The molecule has 2 heterocycles. The van der Waals surface area contributed by atoms with Gasteiger partial charge in [0.2, 0.25) is 0 Å². The molecule has 1 aromatic rings. The molecule has 2 rings (SSSR count). The smallest absolute Gasteiger partial charge is 0.271 e. The molecule has 1 amide bonds. The summed E-state index contributed by atoms with van der Waals surface area (Å²) >= 11 is 5.68. The zero-order valence-electron chi connectivity index (χ0n) is 9.69. The monoisotopic (exact) mass is 254 g/mol. The van der Waals surface area contributed by atoms with Crippen LogP contribution in [0.15, 0.2) is 12.4 Å². The van der Waals surface area contributed by atoms with Gasteiger partial charge in [0, 0.05) is 12.6 Å². The van der Waals surface area contributed by atoms with Gasteiger partial charge in [-0.1, -0.05) is 11.6 Å². The first kappa shape index (κ1) is 12.3. The fourth-order valence-corrected chi connectivity index (χ4v) is 2.14. The van der Waals surface area contributed by atoms with E-state index in [1.165, 1.54) is 18.8 Å². The summed E-state index contributed by atoms with van der Waals surface area (Å²) in [6.07, 6.45) is 5.13. The lowest BCUT2D eigenvalue weighted by atomic mass is 10.2. The van der Waals surface area contributed by atoms with E-state index in [-0.39, 0.29) is 16.8 Å². The number of carbonyl (C=O) groups excluding carboxylic acids is 1. The zero-order chi connectivity index (χ0) is 12.3. The molecular formula is C11H15ClN4O. The third-order valence-electron chi connectivity index (χ3n) is 3.01. The Morgan fingerprint density at radius 2 is 2.47 bits per heavy atom. The maximum absolute atomic E-state index is 11.8. The first-order chi connectivity index (χ1) is 8.16. The van der Waals surface area contributed by atoms with E-state index in [9.17, 15) is 4.79 Å². The minimum absolute atomic E-state index is 0.222. The number of hydrogen-bond donors (Lipinski definition) is 1. The average Bonchev–Trinajstić information content (AvgIpc) is 2.72. The summed E-state index contributed by atoms with van der Waals surface area (Å²) in [5.74, 6) is -0.222. The predicted molar refractivity (Wildman–Crippen MR) is 65.0 cm³/mol. The van der Waals surface area contributed by atoms with Crippen molar-refractivity contribution in [3.05, 3.63) is 23.2 Å². The van der Waals surface area contributed by atoms with Crippen LogP contribution < -0.4 is 5.32 Å². The van der Waals surface area contributed by atoms with Gasteiger partial charge in [-0.05, 0) is 26.4 Å². The Morgan fingerprint density at radius 3 is 3.12 bits per heavy atom. The first-order valence-corrected chi connectivity index (χ1v) is 6.00. The first-order valence-electron chi connectivity index (χ1n) is 5.63. The van der Waals surface area contributed by atoms with E-state index in [4.69, 9.17) is 11.6 Å². The van der Waals surface area contributed by atoms with Gasteiger partial charge < -0.3 is 10.2 Å². The van der Waals surface area contributed by atoms with Gasteiger partial charge in [0.25, 0.3) is 5.91 Å². The second kappa shape index (κ2) is 5.42. The molecule has 17 heavy (non-hydrogen) atoms. The van der Waals surface area contributed by atoms with Crippen LogP contribution in [0.4, 0.5) is 0 Å². The normalized spacial score (nSPS) is 20.5. The minimum Gasteiger partial charge on any atom is -0.349 e. The molecule has 6 heteroatoms. The second-order valence-electron chi connectivity index (χ2n) is 4.21. The Labute approximate surface area is 105 Å². The van der Waals surface area contributed by atoms with Crippen molar-refractivity contribution in [1.29, 1.82) is 0 Å². The topological polar surface area (TPSA) is 58.1 Å². The molecule has 92 valence electrons. The summed E-state index contributed by atoms with van der Waals surface area (Å²) in [7, 11) is 2.07. The average molecular weight is 255 g/mol. The van der Waals surface area contributed by atoms with Crippen LogP contribution in [-0.4, -0.2) is 47.0 Å². The number of carbonyl (C=O) groups is 1. The predicted octanol–water partition coefficient (Wildman–Crippen LogP) is 0.954. The van der Waals surface area contributed by atoms with Crippen LogP contribution in [0, 0.1) is 0 Å². The largest absolute Gasteiger partial charge is 0.349 e. The number of likely N-dealkylation sites (N-methyl/N-ethyl adjacent to an activating group) is 1. The fraction of sp³-hybridized carbons (Fsp3) is 0.545. The van der Waals surface area contributed by atoms with Crippen LogP contribution >= 0.6 is 11.6 Å². The quantitative estimate of drug-likeness (QED) is 0.873. The van der Waals surface area contributed by atoms with Crippen molar-refractivity contribution in [1.82, 2.24) is 20.2 Å². The van der Waals surface area contributed by atoms with Crippen molar-refractivity contribution in [2.75, 3.05) is 20.1 Å². The highest BCUT2D eigenvalue weighted by atomic mass is 35.5. The van der Waals surface area contributed by atoms with E-state index < -0.39 is 0 Å². The van der Waals surface area contributed by atoms with Crippen molar-refractivity contribution in [3.63, 3.8) is 0 Å². The number of likely N-dealkylation sites (tertiary alicyclic amines) is 1. The number of aromatic nitrogens is 2. The Morgan fingerprint density at radius 1 is 1.65 bits per heavy atom. The van der Waals surface area contributed by atoms with E-state index in [1.807, 2.05) is 0 Å². The molecule has 0 aliphatic carbocycles. The maximum atomic E-state index is 11.8. The van der Waals surface area contributed by atoms with Gasteiger partial charge in [-0.15, -0.1) is 0 Å². The Hall–Kier alpha value is -1.20. The van der Waals surface area contributed by atoms with E-state index in [1.54, 1.807) is 0 Å². The number of nitrogens with one attached hydrogen (secondary N) is 1. The Kier molecular flexibility index (Phi) is 3.91. The highest BCUT2D eigenvalue weighted by molar-refractivity contribution is 6.29. The molecule has 1 aliphatic rings. The highest BCUT2D eigenvalue weighted by Gasteiger charge is 2.21. The highest BCUT2D eigenvalue weighted by Crippen LogP contribution is 2.13. The van der Waals surface area contributed by atoms with Crippen LogP contribution in [0.2, 0.25) is 5.15 Å². The Bertz CT molecular complexity index is 412. The van der Waals surface area contributed by atoms with Crippen LogP contribution in [0.3, 0.4) is 0 Å². The molecule has 1 atom stereocenters. The van der Waals surface area contributed by atoms with Crippen molar-refractivity contribution >= 4 is 17.5 Å². The summed E-state index contributed by atoms with van der Waals surface area (Å²) < 4.78 is 0. The van der Waals surface area contributed by atoms with Crippen LogP contribution in [0.5, 0.6) is 0 Å². The SMILES string of the molecule is CN1CCCC1CNC(=O)c1cncc(Cl)n1. The molecule has 0 aromatic carbocycles. The molecule has 1 unspecified atom stereocenters. The van der Waals surface area contributed by atoms with Crippen molar-refractivity contribution in [2.45, 2.75) is 18.9 Å². The molecule has 1 saturated heterocycles. The molecule has 0 bridgehead atoms. The third-order valence-corrected chi connectivity index (χ3v) is 3.19. The molecule has 1 fully saturated rings. The lowest BCUT2D eigenvalue weighted by Crippen LogP contribution is -2.38. The van der Waals surface area contributed by atoms with E-state index in [0.29, 0.717) is 12.6 Å². The van der Waals surface area contributed by atoms with Crippen molar-refractivity contribution in [3.8, 4) is 0 Å². The number of amides is 1. The van der Waals surface area contributed by atoms with Crippen molar-refractivity contribution in [2.24, 2.45) is 0 Å². The number of hydrogen-bond acceptors (Lipinski definition) is 4. The van der Waals surface area contributed by atoms with Gasteiger partial charge in [-0.3, -0.25) is 9.78 Å². The molecular weight excluding hydrogens is 240 g/mol.